The van der Waals surface area contributed by atoms with Gasteiger partial charge in [0.25, 0.3) is 5.88 Å². The molecule has 0 aliphatic carbocycles. The van der Waals surface area contributed by atoms with E-state index in [0.29, 0.717) is 43.0 Å². The monoisotopic (exact) mass is 1120 g/mol. The molecule has 13 heteroatoms. The van der Waals surface area contributed by atoms with Gasteiger partial charge < -0.3 is 23.7 Å². The van der Waals surface area contributed by atoms with Crippen molar-refractivity contribution in [3.63, 3.8) is 0 Å². The molecule has 12 nitrogen and oxygen atoms in total. The van der Waals surface area contributed by atoms with E-state index in [1.165, 1.54) is 153 Å². The summed E-state index contributed by atoms with van der Waals surface area (Å²) in [6.45, 7) is 11.3. The van der Waals surface area contributed by atoms with Crippen molar-refractivity contribution in [3.05, 3.63) is 11.8 Å². The van der Waals surface area contributed by atoms with E-state index in [1.54, 1.807) is 0 Å². The van der Waals surface area contributed by atoms with Gasteiger partial charge in [0.2, 0.25) is 6.73 Å². The van der Waals surface area contributed by atoms with Gasteiger partial charge in [-0.3, -0.25) is 23.7 Å². The van der Waals surface area contributed by atoms with E-state index in [2.05, 4.69) is 49.6 Å². The Morgan fingerprint density at radius 1 is 0.513 bits per heavy atom. The van der Waals surface area contributed by atoms with Gasteiger partial charge in [-0.05, 0) is 31.6 Å². The molecule has 2 atom stereocenters. The fourth-order valence-electron chi connectivity index (χ4n) is 10.5. The number of hydrogen-bond acceptors (Lipinski definition) is 12. The zero-order valence-electron chi connectivity index (χ0n) is 51.0. The Bertz CT molecular complexity index is 1610. The standard InChI is InChI=1S/C65H118N3O9S/c1-6-9-12-15-17-19-21-23-25-27-32-36-40-47-60(69)74-54-59(55-75-61(70)48-41-37-33-28-26-24-22-20-18-16-13-10-7-2)77-63(72)52-57(4)45-39-35-31-29-30-34-38-42-49-62(71)76-56-68(5)50-44-46-58(53-68)64-65(67-78-66-64)73-51-43-14-11-8-3/h46,57,59H,6-45,47-56H2,1-5H3/q+1. The van der Waals surface area contributed by atoms with Crippen molar-refractivity contribution in [2.45, 2.75) is 316 Å². The number of aromatic nitrogens is 2. The molecule has 78 heavy (non-hydrogen) atoms. The zero-order chi connectivity index (χ0) is 56.4. The van der Waals surface area contributed by atoms with Crippen molar-refractivity contribution in [3.8, 4) is 5.88 Å². The number of hydrogen-bond donors (Lipinski definition) is 0. The van der Waals surface area contributed by atoms with Crippen LogP contribution in [0.2, 0.25) is 0 Å². The molecular formula is C65H118N3O9S+. The van der Waals surface area contributed by atoms with Crippen LogP contribution in [-0.2, 0) is 38.1 Å². The van der Waals surface area contributed by atoms with E-state index in [-0.39, 0.29) is 49.4 Å². The Morgan fingerprint density at radius 3 is 1.36 bits per heavy atom. The lowest BCUT2D eigenvalue weighted by Crippen LogP contribution is -2.49. The lowest BCUT2D eigenvalue weighted by Gasteiger charge is -2.36. The number of ether oxygens (including phenoxy) is 5. The molecule has 0 saturated heterocycles. The fourth-order valence-corrected chi connectivity index (χ4v) is 11.0. The van der Waals surface area contributed by atoms with Gasteiger partial charge in [-0.15, -0.1) is 4.37 Å². The molecule has 0 radical (unpaired) electrons. The third-order valence-corrected chi connectivity index (χ3v) is 16.1. The van der Waals surface area contributed by atoms with Gasteiger partial charge >= 0.3 is 23.9 Å². The van der Waals surface area contributed by atoms with Crippen molar-refractivity contribution in [2.24, 2.45) is 5.92 Å². The Kier molecular flexibility index (Phi) is 45.3. The number of unbranched alkanes of at least 4 members (excludes halogenated alkanes) is 34. The van der Waals surface area contributed by atoms with Crippen molar-refractivity contribution >= 4 is 41.2 Å². The first-order valence-electron chi connectivity index (χ1n) is 32.7. The summed E-state index contributed by atoms with van der Waals surface area (Å²) in [6.07, 6.45) is 50.1. The number of quaternary nitrogens is 1. The van der Waals surface area contributed by atoms with Gasteiger partial charge in [0.15, 0.2) is 6.10 Å². The summed E-state index contributed by atoms with van der Waals surface area (Å²) < 4.78 is 38.5. The van der Waals surface area contributed by atoms with Gasteiger partial charge in [0.1, 0.15) is 25.5 Å². The maximum absolute atomic E-state index is 13.2. The summed E-state index contributed by atoms with van der Waals surface area (Å²) in [7, 11) is 2.14. The van der Waals surface area contributed by atoms with Crippen molar-refractivity contribution in [2.75, 3.05) is 46.7 Å². The number of carbonyl (C=O) groups excluding carboxylic acids is 4. The smallest absolute Gasteiger partial charge is 0.310 e. The SMILES string of the molecule is CCCCCCCCCCCCCCCC(=O)OCC(COC(=O)CCCCCCCCCCCCCCC)OC(=O)CC(C)CCCCCCCCCCC(=O)OC[N+]1(C)CCC=C(c2nsnc2OCCCCCC)C1. The quantitative estimate of drug-likeness (QED) is 0.0266. The predicted molar refractivity (Wildman–Crippen MR) is 321 cm³/mol. The van der Waals surface area contributed by atoms with E-state index in [0.717, 1.165) is 140 Å². The minimum absolute atomic E-state index is 0.102. The highest BCUT2D eigenvalue weighted by molar-refractivity contribution is 6.99. The molecule has 0 fully saturated rings. The molecule has 2 heterocycles. The van der Waals surface area contributed by atoms with E-state index >= 15 is 0 Å². The second-order valence-electron chi connectivity index (χ2n) is 23.6. The van der Waals surface area contributed by atoms with Crippen LogP contribution in [0.1, 0.15) is 316 Å². The maximum Gasteiger partial charge on any atom is 0.310 e. The van der Waals surface area contributed by atoms with E-state index in [9.17, 15) is 19.2 Å². The fraction of sp³-hybridized carbons (Fsp3) is 0.877. The molecule has 0 spiro atoms. The average molecular weight is 1120 g/mol. The highest BCUT2D eigenvalue weighted by atomic mass is 32.1. The molecule has 1 aromatic rings. The van der Waals surface area contributed by atoms with Crippen LogP contribution >= 0.6 is 11.7 Å². The molecule has 0 N–H and O–H groups in total. The Hall–Kier alpha value is -3.06. The lowest BCUT2D eigenvalue weighted by molar-refractivity contribution is -0.919. The number of carbonyl (C=O) groups is 4. The van der Waals surface area contributed by atoms with Gasteiger partial charge in [0.05, 0.1) is 31.9 Å². The minimum Gasteiger partial charge on any atom is -0.475 e. The first-order chi connectivity index (χ1) is 38.1. The molecule has 2 rings (SSSR count). The van der Waals surface area contributed by atoms with E-state index < -0.39 is 6.10 Å². The van der Waals surface area contributed by atoms with Gasteiger partial charge in [-0.25, -0.2) is 0 Å². The minimum atomic E-state index is -0.815. The number of likely N-dealkylation sites (N-methyl/N-ethyl adjacent to an activating group) is 1. The molecule has 0 saturated carbocycles. The van der Waals surface area contributed by atoms with Crippen LogP contribution in [0.5, 0.6) is 5.88 Å². The molecular weight excluding hydrogens is 999 g/mol. The van der Waals surface area contributed by atoms with Crippen LogP contribution in [-0.4, -0.2) is 89.9 Å². The first-order valence-corrected chi connectivity index (χ1v) is 33.5. The molecule has 452 valence electrons. The Labute approximate surface area is 481 Å². The van der Waals surface area contributed by atoms with E-state index in [1.807, 2.05) is 0 Å². The number of nitrogens with zero attached hydrogens (tertiary/aromatic N) is 3. The van der Waals surface area contributed by atoms with Gasteiger partial charge in [0, 0.05) is 37.7 Å². The average Bonchev–Trinajstić information content (AvgIpc) is 3.92. The molecule has 1 aliphatic heterocycles. The summed E-state index contributed by atoms with van der Waals surface area (Å²) in [5.41, 5.74) is 1.95. The Morgan fingerprint density at radius 2 is 0.910 bits per heavy atom. The maximum atomic E-state index is 13.2. The molecule has 0 bridgehead atoms. The predicted octanol–water partition coefficient (Wildman–Crippen LogP) is 18.1. The summed E-state index contributed by atoms with van der Waals surface area (Å²) in [5, 5.41) is 0. The second kappa shape index (κ2) is 49.7. The van der Waals surface area contributed by atoms with Crippen molar-refractivity contribution in [1.82, 2.24) is 8.75 Å². The summed E-state index contributed by atoms with van der Waals surface area (Å²) in [5.74, 6) is -0.277. The largest absolute Gasteiger partial charge is 0.475 e. The lowest BCUT2D eigenvalue weighted by atomic mass is 9.99. The third kappa shape index (κ3) is 40.2. The third-order valence-electron chi connectivity index (χ3n) is 15.6. The van der Waals surface area contributed by atoms with Gasteiger partial charge in [-0.2, -0.15) is 4.37 Å². The summed E-state index contributed by atoms with van der Waals surface area (Å²) in [4.78, 5) is 51.4. The highest BCUT2D eigenvalue weighted by Gasteiger charge is 2.31. The van der Waals surface area contributed by atoms with Crippen LogP contribution < -0.4 is 4.74 Å². The molecule has 1 aliphatic rings. The number of esters is 4. The number of rotatable bonds is 55. The second-order valence-corrected chi connectivity index (χ2v) is 24.2. The Balaban J connectivity index is 1.61. The highest BCUT2D eigenvalue weighted by Crippen LogP contribution is 2.30. The van der Waals surface area contributed by atoms with Gasteiger partial charge in [-0.1, -0.05) is 258 Å². The topological polar surface area (TPSA) is 140 Å². The van der Waals surface area contributed by atoms with Crippen LogP contribution in [0.15, 0.2) is 6.08 Å². The van der Waals surface area contributed by atoms with E-state index in [4.69, 9.17) is 23.7 Å². The van der Waals surface area contributed by atoms with Crippen LogP contribution in [0.3, 0.4) is 0 Å². The van der Waals surface area contributed by atoms with Crippen LogP contribution in [0.4, 0.5) is 0 Å². The molecule has 0 aromatic carbocycles. The van der Waals surface area contributed by atoms with Crippen molar-refractivity contribution in [1.29, 1.82) is 0 Å². The van der Waals surface area contributed by atoms with Crippen LogP contribution in [0.25, 0.3) is 5.57 Å². The summed E-state index contributed by atoms with van der Waals surface area (Å²) >= 11 is 1.19. The van der Waals surface area contributed by atoms with Crippen LogP contribution in [0, 0.1) is 5.92 Å². The normalized spacial score (nSPS) is 14.8. The molecule has 0 amide bonds. The summed E-state index contributed by atoms with van der Waals surface area (Å²) in [6, 6.07) is 0. The van der Waals surface area contributed by atoms with Crippen molar-refractivity contribution < 1.29 is 47.3 Å². The molecule has 1 aromatic heterocycles. The molecule has 2 unspecified atom stereocenters. The first kappa shape index (κ1) is 71.0. The zero-order valence-corrected chi connectivity index (χ0v) is 51.8.